The van der Waals surface area contributed by atoms with Crippen LogP contribution in [0.15, 0.2) is 66.7 Å². The van der Waals surface area contributed by atoms with Crippen LogP contribution in [0.25, 0.3) is 0 Å². The van der Waals surface area contributed by atoms with E-state index in [4.69, 9.17) is 23.2 Å². The summed E-state index contributed by atoms with van der Waals surface area (Å²) in [5.74, 6) is -1.19. The summed E-state index contributed by atoms with van der Waals surface area (Å²) in [5, 5.41) is 14.8. The number of rotatable bonds is 12. The van der Waals surface area contributed by atoms with E-state index >= 15 is 0 Å². The number of aryl methyl sites for hydroxylation is 1. The highest BCUT2D eigenvalue weighted by atomic mass is 35.5. The van der Waals surface area contributed by atoms with Crippen molar-refractivity contribution in [3.8, 4) is 0 Å². The molecule has 0 radical (unpaired) electrons. The highest BCUT2D eigenvalue weighted by Crippen LogP contribution is 2.30. The van der Waals surface area contributed by atoms with E-state index in [0.717, 1.165) is 22.2 Å². The van der Waals surface area contributed by atoms with Crippen molar-refractivity contribution in [3.63, 3.8) is 0 Å². The second kappa shape index (κ2) is 14.0. The first-order valence-corrected chi connectivity index (χ1v) is 15.6. The third-order valence-electron chi connectivity index (χ3n) is 6.44. The molecule has 1 atom stereocenters. The highest BCUT2D eigenvalue weighted by molar-refractivity contribution is 7.92. The first-order chi connectivity index (χ1) is 19.7. The molecule has 0 heterocycles. The molecule has 0 aliphatic carbocycles. The molecule has 0 aliphatic rings. The quantitative estimate of drug-likeness (QED) is 0.217. The Morgan fingerprint density at radius 3 is 2.17 bits per heavy atom. The van der Waals surface area contributed by atoms with Gasteiger partial charge >= 0.3 is 0 Å². The van der Waals surface area contributed by atoms with Gasteiger partial charge in [-0.1, -0.05) is 65.7 Å². The average molecular weight is 636 g/mol. The fourth-order valence-corrected chi connectivity index (χ4v) is 5.78. The molecule has 2 amide bonds. The first kappa shape index (κ1) is 32.8. The molecule has 13 heteroatoms. The molecule has 1 N–H and O–H groups in total. The molecule has 0 spiro atoms. The van der Waals surface area contributed by atoms with Crippen LogP contribution in [0.1, 0.15) is 30.5 Å². The predicted octanol–water partition coefficient (Wildman–Crippen LogP) is 5.14. The number of amides is 2. The van der Waals surface area contributed by atoms with E-state index in [-0.39, 0.29) is 40.4 Å². The zero-order valence-electron chi connectivity index (χ0n) is 23.6. The third kappa shape index (κ3) is 8.43. The standard InChI is InChI=1S/C29H32Cl2N4O6S/c1-19(2)32-29(37)27(15-21-9-6-5-7-10-21)33(17-23-24(30)11-8-12-25(23)31)28(36)18-34(42(4,40)41)26-16-22(35(38)39)14-13-20(26)3/h5-14,16,19,27H,15,17-18H2,1-4H3,(H,32,37). The Labute approximate surface area is 255 Å². The number of nitro groups is 1. The molecule has 224 valence electrons. The van der Waals surface area contributed by atoms with Gasteiger partial charge in [0.2, 0.25) is 21.8 Å². The van der Waals surface area contributed by atoms with Crippen LogP contribution in [0, 0.1) is 17.0 Å². The number of anilines is 1. The van der Waals surface area contributed by atoms with Crippen molar-refractivity contribution in [3.05, 3.63) is 104 Å². The Bertz CT molecular complexity index is 1550. The van der Waals surface area contributed by atoms with Crippen molar-refractivity contribution in [2.45, 2.75) is 45.8 Å². The lowest BCUT2D eigenvalue weighted by Gasteiger charge is -2.34. The molecule has 0 aliphatic heterocycles. The van der Waals surface area contributed by atoms with E-state index in [0.29, 0.717) is 11.1 Å². The van der Waals surface area contributed by atoms with Crippen LogP contribution in [0.3, 0.4) is 0 Å². The summed E-state index contributed by atoms with van der Waals surface area (Å²) in [6.45, 7) is 4.21. The maximum Gasteiger partial charge on any atom is 0.271 e. The van der Waals surface area contributed by atoms with Gasteiger partial charge in [-0.15, -0.1) is 0 Å². The van der Waals surface area contributed by atoms with Gasteiger partial charge in [0, 0.05) is 46.7 Å². The molecular formula is C29H32Cl2N4O6S. The van der Waals surface area contributed by atoms with Gasteiger partial charge in [-0.05, 0) is 44.0 Å². The molecule has 3 rings (SSSR count). The topological polar surface area (TPSA) is 130 Å². The summed E-state index contributed by atoms with van der Waals surface area (Å²) in [5.41, 5.74) is 1.18. The smallest absolute Gasteiger partial charge is 0.271 e. The molecule has 1 unspecified atom stereocenters. The van der Waals surface area contributed by atoms with E-state index < -0.39 is 39.3 Å². The molecule has 0 saturated heterocycles. The summed E-state index contributed by atoms with van der Waals surface area (Å²) in [6, 6.07) is 16.3. The number of benzene rings is 3. The van der Waals surface area contributed by atoms with E-state index in [9.17, 15) is 28.1 Å². The second-order valence-electron chi connectivity index (χ2n) is 10.1. The number of nitro benzene ring substituents is 1. The minimum absolute atomic E-state index is 0.0259. The number of nitrogens with one attached hydrogen (secondary N) is 1. The van der Waals surface area contributed by atoms with Crippen molar-refractivity contribution in [2.24, 2.45) is 0 Å². The SMILES string of the molecule is Cc1ccc([N+](=O)[O-])cc1N(CC(=O)N(Cc1c(Cl)cccc1Cl)C(Cc1ccccc1)C(=O)NC(C)C)S(C)(=O)=O. The Kier molecular flexibility index (Phi) is 10.9. The predicted molar refractivity (Wildman–Crippen MR) is 164 cm³/mol. The number of sulfonamides is 1. The lowest BCUT2D eigenvalue weighted by molar-refractivity contribution is -0.384. The molecular weight excluding hydrogens is 603 g/mol. The van der Waals surface area contributed by atoms with E-state index in [2.05, 4.69) is 5.32 Å². The third-order valence-corrected chi connectivity index (χ3v) is 8.28. The Balaban J connectivity index is 2.15. The molecule has 0 bridgehead atoms. The minimum Gasteiger partial charge on any atom is -0.352 e. The molecule has 42 heavy (non-hydrogen) atoms. The maximum atomic E-state index is 14.2. The van der Waals surface area contributed by atoms with Crippen molar-refractivity contribution < 1.29 is 22.9 Å². The number of carbonyl (C=O) groups excluding carboxylic acids is 2. The highest BCUT2D eigenvalue weighted by Gasteiger charge is 2.34. The van der Waals surface area contributed by atoms with Crippen LogP contribution in [-0.2, 0) is 32.6 Å². The Morgan fingerprint density at radius 2 is 1.62 bits per heavy atom. The zero-order chi connectivity index (χ0) is 31.2. The lowest BCUT2D eigenvalue weighted by Crippen LogP contribution is -2.54. The van der Waals surface area contributed by atoms with Crippen molar-refractivity contribution in [1.82, 2.24) is 10.2 Å². The molecule has 3 aromatic rings. The molecule has 0 fully saturated rings. The van der Waals surface area contributed by atoms with E-state index in [1.807, 2.05) is 18.2 Å². The number of nitrogens with zero attached hydrogens (tertiary/aromatic N) is 3. The largest absolute Gasteiger partial charge is 0.352 e. The Hall–Kier alpha value is -3.67. The van der Waals surface area contributed by atoms with Crippen LogP contribution in [0.5, 0.6) is 0 Å². The van der Waals surface area contributed by atoms with Crippen LogP contribution in [-0.4, -0.2) is 54.9 Å². The molecule has 3 aromatic carbocycles. The summed E-state index contributed by atoms with van der Waals surface area (Å²) < 4.78 is 26.8. The van der Waals surface area contributed by atoms with Gasteiger partial charge in [-0.3, -0.25) is 24.0 Å². The first-order valence-electron chi connectivity index (χ1n) is 13.0. The fourth-order valence-electron chi connectivity index (χ4n) is 4.36. The van der Waals surface area contributed by atoms with E-state index in [1.165, 1.54) is 17.0 Å². The summed E-state index contributed by atoms with van der Waals surface area (Å²) >= 11 is 12.9. The van der Waals surface area contributed by atoms with Crippen molar-refractivity contribution in [1.29, 1.82) is 0 Å². The monoisotopic (exact) mass is 634 g/mol. The van der Waals surface area contributed by atoms with Gasteiger partial charge in [-0.2, -0.15) is 0 Å². The van der Waals surface area contributed by atoms with Crippen LogP contribution >= 0.6 is 23.2 Å². The van der Waals surface area contributed by atoms with Crippen LogP contribution in [0.2, 0.25) is 10.0 Å². The Morgan fingerprint density at radius 1 is 1.00 bits per heavy atom. The summed E-state index contributed by atoms with van der Waals surface area (Å²) in [4.78, 5) is 39.8. The second-order valence-corrected chi connectivity index (χ2v) is 12.8. The summed E-state index contributed by atoms with van der Waals surface area (Å²) in [7, 11) is -4.11. The molecule has 0 aromatic heterocycles. The number of hydrogen-bond acceptors (Lipinski definition) is 6. The number of non-ortho nitro benzene ring substituents is 1. The lowest BCUT2D eigenvalue weighted by atomic mass is 10.0. The minimum atomic E-state index is -4.11. The number of hydrogen-bond donors (Lipinski definition) is 1. The van der Waals surface area contributed by atoms with Gasteiger partial charge in [0.25, 0.3) is 5.69 Å². The average Bonchev–Trinajstić information content (AvgIpc) is 2.90. The maximum absolute atomic E-state index is 14.2. The van der Waals surface area contributed by atoms with Crippen LogP contribution < -0.4 is 9.62 Å². The van der Waals surface area contributed by atoms with Gasteiger partial charge in [0.15, 0.2) is 0 Å². The van der Waals surface area contributed by atoms with Crippen LogP contribution in [0.4, 0.5) is 11.4 Å². The van der Waals surface area contributed by atoms with Gasteiger partial charge in [0.05, 0.1) is 16.9 Å². The van der Waals surface area contributed by atoms with Crippen molar-refractivity contribution in [2.75, 3.05) is 17.1 Å². The fraction of sp³-hybridized carbons (Fsp3) is 0.310. The normalized spacial score (nSPS) is 12.1. The van der Waals surface area contributed by atoms with Gasteiger partial charge in [0.1, 0.15) is 12.6 Å². The van der Waals surface area contributed by atoms with Gasteiger partial charge < -0.3 is 10.2 Å². The number of carbonyl (C=O) groups is 2. The molecule has 0 saturated carbocycles. The van der Waals surface area contributed by atoms with E-state index in [1.54, 1.807) is 51.1 Å². The molecule has 10 nitrogen and oxygen atoms in total. The van der Waals surface area contributed by atoms with Gasteiger partial charge in [-0.25, -0.2) is 8.42 Å². The summed E-state index contributed by atoms with van der Waals surface area (Å²) in [6.07, 6.45) is 1.02. The number of halogens is 2. The van der Waals surface area contributed by atoms with Crippen molar-refractivity contribution >= 4 is 56.4 Å². The zero-order valence-corrected chi connectivity index (χ0v) is 25.9.